The summed E-state index contributed by atoms with van der Waals surface area (Å²) in [5.74, 6) is -0.489. The Balaban J connectivity index is 0.000000234. The van der Waals surface area contributed by atoms with Crippen molar-refractivity contribution >= 4 is 23.8 Å². The van der Waals surface area contributed by atoms with E-state index in [0.717, 1.165) is 29.8 Å². The number of thioether (sulfide) groups is 1. The first-order valence-corrected chi connectivity index (χ1v) is 14.3. The van der Waals surface area contributed by atoms with Gasteiger partial charge in [-0.3, -0.25) is 14.3 Å². The number of nitrogens with zero attached hydrogens (tertiary/aromatic N) is 2. The molecule has 43 heavy (non-hydrogen) atoms. The number of pyridine rings is 1. The summed E-state index contributed by atoms with van der Waals surface area (Å²) in [4.78, 5) is 38.0. The Kier molecular flexibility index (Phi) is 10.6. The maximum Gasteiger partial charge on any atom is 0.410 e. The van der Waals surface area contributed by atoms with E-state index < -0.39 is 54.6 Å². The molecule has 0 aliphatic carbocycles. The number of nitrogens with one attached hydrogen (secondary N) is 2. The zero-order valence-electron chi connectivity index (χ0n) is 23.5. The molecule has 2 amide bonds. The van der Waals surface area contributed by atoms with Crippen molar-refractivity contribution in [2.24, 2.45) is 0 Å². The van der Waals surface area contributed by atoms with E-state index in [4.69, 9.17) is 14.2 Å². The van der Waals surface area contributed by atoms with Crippen molar-refractivity contribution in [1.29, 1.82) is 0 Å². The molecule has 0 spiro atoms. The lowest BCUT2D eigenvalue weighted by molar-refractivity contribution is -0.172. The molecule has 230 valence electrons. The molecule has 1 unspecified atom stereocenters. The summed E-state index contributed by atoms with van der Waals surface area (Å²) in [7, 11) is 1.44. The van der Waals surface area contributed by atoms with Crippen molar-refractivity contribution in [3.63, 3.8) is 0 Å². The van der Waals surface area contributed by atoms with Crippen LogP contribution >= 0.6 is 11.8 Å². The molecule has 1 atom stereocenters. The predicted molar refractivity (Wildman–Crippen MR) is 154 cm³/mol. The lowest BCUT2D eigenvalue weighted by Gasteiger charge is -2.36. The Hall–Kier alpha value is -4.17. The van der Waals surface area contributed by atoms with Gasteiger partial charge in [-0.1, -0.05) is 42.5 Å². The SMILES string of the molecule is COCCNC(=O)OCOc1c2n(ccc1=O)NCN(C(C)C(F)(F)F)C2=O.c1ccc2c(c1)CSc1ccccc1C2. The maximum atomic E-state index is 13.0. The number of hydrogen-bond acceptors (Lipinski definition) is 8. The molecule has 0 bridgehead atoms. The lowest BCUT2D eigenvalue weighted by Crippen LogP contribution is -2.54. The van der Waals surface area contributed by atoms with E-state index in [1.807, 2.05) is 11.8 Å². The van der Waals surface area contributed by atoms with Crippen LogP contribution in [0.5, 0.6) is 5.75 Å². The van der Waals surface area contributed by atoms with Crippen LogP contribution in [0.2, 0.25) is 0 Å². The van der Waals surface area contributed by atoms with Crippen LogP contribution in [0.25, 0.3) is 0 Å². The largest absolute Gasteiger partial charge is 0.451 e. The maximum absolute atomic E-state index is 13.0. The minimum atomic E-state index is -4.65. The minimum absolute atomic E-state index is 0.172. The normalized spacial score (nSPS) is 14.4. The fourth-order valence-electron chi connectivity index (χ4n) is 4.31. The van der Waals surface area contributed by atoms with Gasteiger partial charge >= 0.3 is 12.3 Å². The molecule has 14 heteroatoms. The van der Waals surface area contributed by atoms with Crippen molar-refractivity contribution in [3.8, 4) is 5.75 Å². The van der Waals surface area contributed by atoms with E-state index >= 15 is 0 Å². The molecule has 0 fully saturated rings. The molecule has 10 nitrogen and oxygen atoms in total. The van der Waals surface area contributed by atoms with Crippen LogP contribution < -0.4 is 20.9 Å². The second-order valence-electron chi connectivity index (χ2n) is 9.49. The summed E-state index contributed by atoms with van der Waals surface area (Å²) >= 11 is 1.95. The number of benzene rings is 2. The average Bonchev–Trinajstić information content (AvgIpc) is 3.18. The molecular formula is C29H31F3N4O6S. The zero-order valence-corrected chi connectivity index (χ0v) is 24.3. The second-order valence-corrected chi connectivity index (χ2v) is 10.5. The van der Waals surface area contributed by atoms with Crippen molar-refractivity contribution in [1.82, 2.24) is 14.9 Å². The minimum Gasteiger partial charge on any atom is -0.451 e. The van der Waals surface area contributed by atoms with Crippen LogP contribution in [0, 0.1) is 0 Å². The highest BCUT2D eigenvalue weighted by Crippen LogP contribution is 2.33. The number of rotatable bonds is 7. The zero-order chi connectivity index (χ0) is 31.0. The summed E-state index contributed by atoms with van der Waals surface area (Å²) in [6, 6.07) is 16.5. The van der Waals surface area contributed by atoms with E-state index in [9.17, 15) is 27.6 Å². The number of halogens is 3. The highest BCUT2D eigenvalue weighted by atomic mass is 32.2. The number of ether oxygens (including phenoxy) is 3. The van der Waals surface area contributed by atoms with Gasteiger partial charge < -0.3 is 29.9 Å². The van der Waals surface area contributed by atoms with Gasteiger partial charge in [0.1, 0.15) is 12.7 Å². The van der Waals surface area contributed by atoms with Crippen LogP contribution in [0.3, 0.4) is 0 Å². The number of amides is 2. The van der Waals surface area contributed by atoms with E-state index in [-0.39, 0.29) is 13.2 Å². The van der Waals surface area contributed by atoms with Gasteiger partial charge in [0.15, 0.2) is 5.69 Å². The molecule has 2 aliphatic heterocycles. The van der Waals surface area contributed by atoms with Gasteiger partial charge in [-0.15, -0.1) is 11.8 Å². The molecule has 0 saturated carbocycles. The van der Waals surface area contributed by atoms with Gasteiger partial charge in [0, 0.05) is 36.6 Å². The first-order chi connectivity index (χ1) is 20.6. The van der Waals surface area contributed by atoms with E-state index in [1.54, 1.807) is 0 Å². The second kappa shape index (κ2) is 14.3. The van der Waals surface area contributed by atoms with Gasteiger partial charge in [0.05, 0.1) is 6.61 Å². The van der Waals surface area contributed by atoms with Crippen molar-refractivity contribution < 1.29 is 37.0 Å². The summed E-state index contributed by atoms with van der Waals surface area (Å²) < 4.78 is 54.6. The summed E-state index contributed by atoms with van der Waals surface area (Å²) in [6.45, 7) is 0.0903. The van der Waals surface area contributed by atoms with Crippen molar-refractivity contribution in [2.75, 3.05) is 39.1 Å². The highest BCUT2D eigenvalue weighted by Gasteiger charge is 2.44. The Labute approximate surface area is 250 Å². The average molecular weight is 621 g/mol. The Bertz CT molecular complexity index is 1450. The summed E-state index contributed by atoms with van der Waals surface area (Å²) in [5.41, 5.74) is 5.81. The van der Waals surface area contributed by atoms with Crippen molar-refractivity contribution in [3.05, 3.63) is 93.4 Å². The molecule has 2 aliphatic rings. The molecule has 3 aromatic rings. The van der Waals surface area contributed by atoms with E-state index in [0.29, 0.717) is 4.90 Å². The topological polar surface area (TPSA) is 111 Å². The van der Waals surface area contributed by atoms with Crippen LogP contribution in [-0.4, -0.2) is 67.5 Å². The molecule has 2 N–H and O–H groups in total. The standard InChI is InChI=1S/C15H19F3N4O6.C14H12S/c1-9(15(16,17)18)21-7-20-22-5-3-10(23)12(11(22)13(21)24)27-8-28-14(25)19-4-6-26-2;1-2-7-13-10-15-14-8-4-3-6-12(14)9-11(13)5-1/h3,5,9,20H,4,6-8H2,1-2H3,(H,19,25);1-8H,9-10H2. The number of alkyl carbamates (subject to hydrolysis) is 1. The number of aromatic nitrogens is 1. The van der Waals surface area contributed by atoms with Crippen LogP contribution in [0.1, 0.15) is 34.1 Å². The monoisotopic (exact) mass is 620 g/mol. The predicted octanol–water partition coefficient (Wildman–Crippen LogP) is 4.35. The number of carbonyl (C=O) groups is 2. The Morgan fingerprint density at radius 1 is 1.07 bits per heavy atom. The molecule has 3 heterocycles. The molecule has 1 aromatic heterocycles. The number of hydrogen-bond donors (Lipinski definition) is 2. The quantitative estimate of drug-likeness (QED) is 0.297. The number of alkyl halides is 3. The van der Waals surface area contributed by atoms with Gasteiger partial charge in [-0.25, -0.2) is 4.79 Å². The smallest absolute Gasteiger partial charge is 0.410 e. The molecule has 0 radical (unpaired) electrons. The van der Waals surface area contributed by atoms with Gasteiger partial charge in [0.25, 0.3) is 5.91 Å². The van der Waals surface area contributed by atoms with Crippen LogP contribution in [0.15, 0.2) is 70.5 Å². The third-order valence-corrected chi connectivity index (χ3v) is 7.86. The Morgan fingerprint density at radius 3 is 2.49 bits per heavy atom. The lowest BCUT2D eigenvalue weighted by atomic mass is 10.0. The first kappa shape index (κ1) is 31.8. The van der Waals surface area contributed by atoms with Gasteiger partial charge in [0.2, 0.25) is 18.0 Å². The molecule has 5 rings (SSSR count). The fraction of sp³-hybridized carbons (Fsp3) is 0.345. The van der Waals surface area contributed by atoms with Crippen molar-refractivity contribution in [2.45, 2.75) is 36.2 Å². The van der Waals surface area contributed by atoms with Gasteiger partial charge in [-0.05, 0) is 36.1 Å². The molecule has 2 aromatic carbocycles. The molecule has 0 saturated heterocycles. The fourth-order valence-corrected chi connectivity index (χ4v) is 5.40. The van der Waals surface area contributed by atoms with Crippen LogP contribution in [0.4, 0.5) is 18.0 Å². The number of fused-ring (bicyclic) bond motifs is 3. The highest BCUT2D eigenvalue weighted by molar-refractivity contribution is 7.98. The summed E-state index contributed by atoms with van der Waals surface area (Å²) in [5, 5.41) is 2.33. The van der Waals surface area contributed by atoms with E-state index in [2.05, 4.69) is 59.3 Å². The third kappa shape index (κ3) is 8.02. The van der Waals surface area contributed by atoms with Gasteiger partial charge in [-0.2, -0.15) is 13.2 Å². The number of carbonyl (C=O) groups excluding carboxylic acids is 2. The third-order valence-electron chi connectivity index (χ3n) is 6.69. The van der Waals surface area contributed by atoms with E-state index in [1.165, 1.54) is 34.9 Å². The summed E-state index contributed by atoms with van der Waals surface area (Å²) in [6.07, 6.45) is -3.24. The number of methoxy groups -OCH3 is 1. The van der Waals surface area contributed by atoms with Crippen LogP contribution in [-0.2, 0) is 21.6 Å². The Morgan fingerprint density at radius 2 is 1.77 bits per heavy atom. The first-order valence-electron chi connectivity index (χ1n) is 13.3. The molecular weight excluding hydrogens is 589 g/mol.